The van der Waals surface area contributed by atoms with Crippen LogP contribution in [0.1, 0.15) is 5.56 Å². The highest BCUT2D eigenvalue weighted by Crippen LogP contribution is 2.32. The zero-order chi connectivity index (χ0) is 10.3. The fourth-order valence-corrected chi connectivity index (χ4v) is 2.65. The lowest BCUT2D eigenvalue weighted by atomic mass is 10.0. The zero-order valence-corrected chi connectivity index (χ0v) is 9.15. The van der Waals surface area contributed by atoms with Gasteiger partial charge in [-0.2, -0.15) is 0 Å². The first kappa shape index (κ1) is 9.22. The predicted molar refractivity (Wildman–Crippen MR) is 61.2 cm³/mol. The van der Waals surface area contributed by atoms with Crippen LogP contribution in [0.4, 0.5) is 5.69 Å². The molecule has 0 saturated carbocycles. The Balaban J connectivity index is 1.76. The molecule has 2 aliphatic heterocycles. The molecule has 2 atom stereocenters. The van der Waals surface area contributed by atoms with E-state index in [1.54, 1.807) is 0 Å². The molecule has 15 heavy (non-hydrogen) atoms. The van der Waals surface area contributed by atoms with E-state index in [2.05, 4.69) is 36.1 Å². The van der Waals surface area contributed by atoms with Gasteiger partial charge in [-0.3, -0.25) is 0 Å². The Hall–Kier alpha value is -1.02. The molecular formula is C13H17NO. The fourth-order valence-electron chi connectivity index (χ4n) is 2.65. The second-order valence-corrected chi connectivity index (χ2v) is 4.80. The van der Waals surface area contributed by atoms with Crippen LogP contribution in [0.2, 0.25) is 0 Å². The average molecular weight is 203 g/mol. The van der Waals surface area contributed by atoms with Crippen LogP contribution in [0.25, 0.3) is 0 Å². The van der Waals surface area contributed by atoms with Crippen molar-refractivity contribution in [1.82, 2.24) is 0 Å². The molecule has 2 saturated heterocycles. The van der Waals surface area contributed by atoms with E-state index in [9.17, 15) is 0 Å². The maximum absolute atomic E-state index is 5.49. The SMILES string of the molecule is Cc1ccc(N2CC3COCC3C2)cc1. The van der Waals surface area contributed by atoms with Crippen LogP contribution < -0.4 is 4.90 Å². The predicted octanol–water partition coefficient (Wildman–Crippen LogP) is 2.08. The third kappa shape index (κ3) is 1.63. The van der Waals surface area contributed by atoms with E-state index in [0.29, 0.717) is 0 Å². The van der Waals surface area contributed by atoms with Crippen molar-refractivity contribution in [2.75, 3.05) is 31.2 Å². The van der Waals surface area contributed by atoms with Gasteiger partial charge in [0.05, 0.1) is 13.2 Å². The Morgan fingerprint density at radius 3 is 2.27 bits per heavy atom. The monoisotopic (exact) mass is 203 g/mol. The summed E-state index contributed by atoms with van der Waals surface area (Å²) in [5.74, 6) is 1.54. The maximum atomic E-state index is 5.49. The second kappa shape index (κ2) is 3.53. The van der Waals surface area contributed by atoms with Crippen LogP contribution in [-0.2, 0) is 4.74 Å². The molecule has 3 rings (SSSR count). The van der Waals surface area contributed by atoms with Crippen LogP contribution in [0.3, 0.4) is 0 Å². The van der Waals surface area contributed by atoms with Gasteiger partial charge < -0.3 is 9.64 Å². The standard InChI is InChI=1S/C13H17NO/c1-10-2-4-13(5-3-10)14-6-11-8-15-9-12(11)7-14/h2-5,11-12H,6-9H2,1H3. The summed E-state index contributed by atoms with van der Waals surface area (Å²) < 4.78 is 5.49. The van der Waals surface area contributed by atoms with E-state index < -0.39 is 0 Å². The molecule has 80 valence electrons. The lowest BCUT2D eigenvalue weighted by Crippen LogP contribution is -2.21. The minimum absolute atomic E-state index is 0.770. The zero-order valence-electron chi connectivity index (χ0n) is 9.15. The Morgan fingerprint density at radius 1 is 1.07 bits per heavy atom. The number of fused-ring (bicyclic) bond motifs is 1. The van der Waals surface area contributed by atoms with Crippen molar-refractivity contribution in [1.29, 1.82) is 0 Å². The van der Waals surface area contributed by atoms with Gasteiger partial charge in [-0.25, -0.2) is 0 Å². The van der Waals surface area contributed by atoms with E-state index in [1.165, 1.54) is 24.3 Å². The molecule has 2 heteroatoms. The summed E-state index contributed by atoms with van der Waals surface area (Å²) in [4.78, 5) is 2.50. The smallest absolute Gasteiger partial charge is 0.0515 e. The molecule has 0 amide bonds. The highest BCUT2D eigenvalue weighted by molar-refractivity contribution is 5.48. The maximum Gasteiger partial charge on any atom is 0.0515 e. The lowest BCUT2D eigenvalue weighted by Gasteiger charge is -2.19. The van der Waals surface area contributed by atoms with Gasteiger partial charge in [-0.1, -0.05) is 17.7 Å². The highest BCUT2D eigenvalue weighted by atomic mass is 16.5. The molecular weight excluding hydrogens is 186 g/mol. The van der Waals surface area contributed by atoms with Crippen molar-refractivity contribution < 1.29 is 4.74 Å². The Labute approximate surface area is 90.8 Å². The Bertz CT molecular complexity index is 334. The number of hydrogen-bond donors (Lipinski definition) is 0. The normalized spacial score (nSPS) is 29.5. The van der Waals surface area contributed by atoms with Crippen LogP contribution in [0.15, 0.2) is 24.3 Å². The quantitative estimate of drug-likeness (QED) is 0.693. The van der Waals surface area contributed by atoms with Gasteiger partial charge in [0.1, 0.15) is 0 Å². The van der Waals surface area contributed by atoms with Crippen molar-refractivity contribution >= 4 is 5.69 Å². The molecule has 2 fully saturated rings. The molecule has 1 aromatic rings. The molecule has 1 aromatic carbocycles. The summed E-state index contributed by atoms with van der Waals surface area (Å²) in [7, 11) is 0. The molecule has 0 bridgehead atoms. The van der Waals surface area contributed by atoms with Gasteiger partial charge >= 0.3 is 0 Å². The summed E-state index contributed by atoms with van der Waals surface area (Å²) >= 11 is 0. The molecule has 2 nitrogen and oxygen atoms in total. The second-order valence-electron chi connectivity index (χ2n) is 4.80. The van der Waals surface area contributed by atoms with Crippen LogP contribution in [0, 0.1) is 18.8 Å². The van der Waals surface area contributed by atoms with Gasteiger partial charge in [0.15, 0.2) is 0 Å². The van der Waals surface area contributed by atoms with Crippen molar-refractivity contribution in [2.24, 2.45) is 11.8 Å². The highest BCUT2D eigenvalue weighted by Gasteiger charge is 2.36. The Kier molecular flexibility index (Phi) is 2.17. The number of nitrogens with zero attached hydrogens (tertiary/aromatic N) is 1. The molecule has 2 heterocycles. The average Bonchev–Trinajstić information content (AvgIpc) is 2.78. The summed E-state index contributed by atoms with van der Waals surface area (Å²) in [5, 5.41) is 0. The number of hydrogen-bond acceptors (Lipinski definition) is 2. The van der Waals surface area contributed by atoms with Crippen LogP contribution in [0.5, 0.6) is 0 Å². The summed E-state index contributed by atoms with van der Waals surface area (Å²) in [6.45, 7) is 6.41. The minimum atomic E-state index is 0.770. The van der Waals surface area contributed by atoms with Gasteiger partial charge in [-0.15, -0.1) is 0 Å². The largest absolute Gasteiger partial charge is 0.381 e. The fraction of sp³-hybridized carbons (Fsp3) is 0.538. The molecule has 0 radical (unpaired) electrons. The van der Waals surface area contributed by atoms with Crippen molar-refractivity contribution in [2.45, 2.75) is 6.92 Å². The van der Waals surface area contributed by atoms with Crippen molar-refractivity contribution in [3.05, 3.63) is 29.8 Å². The first-order chi connectivity index (χ1) is 7.33. The molecule has 0 N–H and O–H groups in total. The first-order valence-corrected chi connectivity index (χ1v) is 5.72. The molecule has 0 aliphatic carbocycles. The molecule has 2 aliphatic rings. The van der Waals surface area contributed by atoms with Crippen LogP contribution >= 0.6 is 0 Å². The van der Waals surface area contributed by atoms with Gasteiger partial charge in [0, 0.05) is 30.6 Å². The van der Waals surface area contributed by atoms with E-state index in [4.69, 9.17) is 4.74 Å². The van der Waals surface area contributed by atoms with E-state index in [-0.39, 0.29) is 0 Å². The van der Waals surface area contributed by atoms with E-state index in [1.807, 2.05) is 0 Å². The molecule has 0 aromatic heterocycles. The van der Waals surface area contributed by atoms with Gasteiger partial charge in [-0.05, 0) is 19.1 Å². The summed E-state index contributed by atoms with van der Waals surface area (Å²) in [6, 6.07) is 8.86. The minimum Gasteiger partial charge on any atom is -0.381 e. The first-order valence-electron chi connectivity index (χ1n) is 5.72. The van der Waals surface area contributed by atoms with E-state index in [0.717, 1.165) is 25.0 Å². The van der Waals surface area contributed by atoms with Crippen molar-refractivity contribution in [3.8, 4) is 0 Å². The number of rotatable bonds is 1. The summed E-state index contributed by atoms with van der Waals surface area (Å²) in [6.07, 6.45) is 0. The number of ether oxygens (including phenoxy) is 1. The van der Waals surface area contributed by atoms with Gasteiger partial charge in [0.2, 0.25) is 0 Å². The third-order valence-electron chi connectivity index (χ3n) is 3.64. The number of aryl methyl sites for hydroxylation is 1. The van der Waals surface area contributed by atoms with E-state index >= 15 is 0 Å². The molecule has 0 spiro atoms. The van der Waals surface area contributed by atoms with Gasteiger partial charge in [0.25, 0.3) is 0 Å². The van der Waals surface area contributed by atoms with Crippen molar-refractivity contribution in [3.63, 3.8) is 0 Å². The number of benzene rings is 1. The van der Waals surface area contributed by atoms with Crippen LogP contribution in [-0.4, -0.2) is 26.3 Å². The third-order valence-corrected chi connectivity index (χ3v) is 3.64. The topological polar surface area (TPSA) is 12.5 Å². The summed E-state index contributed by atoms with van der Waals surface area (Å²) in [5.41, 5.74) is 2.71. The lowest BCUT2D eigenvalue weighted by molar-refractivity contribution is 0.177. The number of anilines is 1. The Morgan fingerprint density at radius 2 is 1.67 bits per heavy atom. The molecule has 2 unspecified atom stereocenters.